The molecule has 104 valence electrons. The SMILES string of the molecule is CCCC(C)(CC)C1(N)OCc2ccccc2C1=O. The number of benzene rings is 1. The van der Waals surface area contributed by atoms with E-state index in [4.69, 9.17) is 10.5 Å². The summed E-state index contributed by atoms with van der Waals surface area (Å²) in [5.41, 5.74) is 6.54. The molecule has 0 aliphatic carbocycles. The molecule has 1 aromatic rings. The molecule has 3 nitrogen and oxygen atoms in total. The van der Waals surface area contributed by atoms with E-state index in [0.717, 1.165) is 24.8 Å². The van der Waals surface area contributed by atoms with Gasteiger partial charge in [0, 0.05) is 11.0 Å². The van der Waals surface area contributed by atoms with E-state index >= 15 is 0 Å². The minimum atomic E-state index is -1.20. The second-order valence-corrected chi connectivity index (χ2v) is 5.67. The first-order chi connectivity index (χ1) is 8.98. The van der Waals surface area contributed by atoms with Crippen molar-refractivity contribution >= 4 is 5.78 Å². The number of Topliss-reactive ketones (excluding diaryl/α,β-unsaturated/α-hetero) is 1. The Balaban J connectivity index is 2.44. The highest BCUT2D eigenvalue weighted by atomic mass is 16.5. The Kier molecular flexibility index (Phi) is 3.79. The number of fused-ring (bicyclic) bond motifs is 1. The van der Waals surface area contributed by atoms with Gasteiger partial charge in [-0.3, -0.25) is 10.5 Å². The molecule has 3 heteroatoms. The zero-order valence-corrected chi connectivity index (χ0v) is 12.0. The molecule has 1 aliphatic heterocycles. The van der Waals surface area contributed by atoms with Crippen LogP contribution in [0, 0.1) is 5.41 Å². The van der Waals surface area contributed by atoms with Gasteiger partial charge in [0.1, 0.15) is 0 Å². The number of carbonyl (C=O) groups excluding carboxylic acids is 1. The fourth-order valence-electron chi connectivity index (χ4n) is 2.95. The van der Waals surface area contributed by atoms with E-state index in [1.54, 1.807) is 0 Å². The van der Waals surface area contributed by atoms with E-state index < -0.39 is 5.72 Å². The molecule has 0 radical (unpaired) electrons. The van der Waals surface area contributed by atoms with Gasteiger partial charge in [0.25, 0.3) is 0 Å². The van der Waals surface area contributed by atoms with Gasteiger partial charge in [0.05, 0.1) is 6.61 Å². The van der Waals surface area contributed by atoms with Gasteiger partial charge in [-0.1, -0.05) is 51.5 Å². The zero-order chi connectivity index (χ0) is 14.1. The maximum absolute atomic E-state index is 12.8. The molecule has 1 aromatic carbocycles. The molecule has 2 rings (SSSR count). The summed E-state index contributed by atoms with van der Waals surface area (Å²) in [5, 5.41) is 0. The van der Waals surface area contributed by atoms with Crippen molar-refractivity contribution in [1.82, 2.24) is 0 Å². The van der Waals surface area contributed by atoms with Crippen LogP contribution in [0.4, 0.5) is 0 Å². The van der Waals surface area contributed by atoms with E-state index in [1.807, 2.05) is 24.3 Å². The summed E-state index contributed by atoms with van der Waals surface area (Å²) in [6.45, 7) is 6.65. The zero-order valence-electron chi connectivity index (χ0n) is 12.0. The Bertz CT molecular complexity index is 485. The van der Waals surface area contributed by atoms with Crippen molar-refractivity contribution in [2.45, 2.75) is 52.4 Å². The first-order valence-electron chi connectivity index (χ1n) is 7.04. The molecule has 0 spiro atoms. The Morgan fingerprint density at radius 1 is 1.37 bits per heavy atom. The van der Waals surface area contributed by atoms with Crippen molar-refractivity contribution in [3.63, 3.8) is 0 Å². The molecular formula is C16H23NO2. The average Bonchev–Trinajstić information content (AvgIpc) is 2.43. The van der Waals surface area contributed by atoms with Gasteiger partial charge < -0.3 is 4.74 Å². The van der Waals surface area contributed by atoms with Gasteiger partial charge >= 0.3 is 0 Å². The molecule has 2 N–H and O–H groups in total. The van der Waals surface area contributed by atoms with Gasteiger partial charge in [-0.15, -0.1) is 0 Å². The molecule has 2 unspecified atom stereocenters. The van der Waals surface area contributed by atoms with Crippen LogP contribution in [0.1, 0.15) is 56.0 Å². The van der Waals surface area contributed by atoms with Gasteiger partial charge in [0.2, 0.25) is 5.78 Å². The van der Waals surface area contributed by atoms with Crippen molar-refractivity contribution in [2.75, 3.05) is 0 Å². The first-order valence-corrected chi connectivity index (χ1v) is 7.04. The Labute approximate surface area is 115 Å². The van der Waals surface area contributed by atoms with E-state index in [0.29, 0.717) is 12.2 Å². The van der Waals surface area contributed by atoms with Crippen LogP contribution in [0.15, 0.2) is 24.3 Å². The van der Waals surface area contributed by atoms with Crippen LogP contribution < -0.4 is 5.73 Å². The van der Waals surface area contributed by atoms with Crippen molar-refractivity contribution in [1.29, 1.82) is 0 Å². The van der Waals surface area contributed by atoms with E-state index in [2.05, 4.69) is 20.8 Å². The Morgan fingerprint density at radius 3 is 2.68 bits per heavy atom. The van der Waals surface area contributed by atoms with Gasteiger partial charge in [-0.25, -0.2) is 0 Å². The second-order valence-electron chi connectivity index (χ2n) is 5.67. The predicted octanol–water partition coefficient (Wildman–Crippen LogP) is 3.27. The highest BCUT2D eigenvalue weighted by molar-refractivity contribution is 6.04. The second kappa shape index (κ2) is 5.06. The summed E-state index contributed by atoms with van der Waals surface area (Å²) in [4.78, 5) is 12.8. The van der Waals surface area contributed by atoms with Crippen LogP contribution in [0.2, 0.25) is 0 Å². The minimum Gasteiger partial charge on any atom is -0.348 e. The van der Waals surface area contributed by atoms with E-state index in [1.165, 1.54) is 0 Å². The monoisotopic (exact) mass is 261 g/mol. The lowest BCUT2D eigenvalue weighted by Gasteiger charge is -2.46. The highest BCUT2D eigenvalue weighted by Crippen LogP contribution is 2.43. The normalized spacial score (nSPS) is 25.8. The summed E-state index contributed by atoms with van der Waals surface area (Å²) in [6, 6.07) is 7.58. The van der Waals surface area contributed by atoms with Crippen LogP contribution in [0.5, 0.6) is 0 Å². The summed E-state index contributed by atoms with van der Waals surface area (Å²) in [6.07, 6.45) is 2.70. The predicted molar refractivity (Wildman–Crippen MR) is 75.8 cm³/mol. The quantitative estimate of drug-likeness (QED) is 0.905. The van der Waals surface area contributed by atoms with Crippen LogP contribution in [0.3, 0.4) is 0 Å². The third kappa shape index (κ3) is 2.11. The summed E-state index contributed by atoms with van der Waals surface area (Å²) in [7, 11) is 0. The van der Waals surface area contributed by atoms with Crippen LogP contribution >= 0.6 is 0 Å². The molecule has 0 fully saturated rings. The maximum Gasteiger partial charge on any atom is 0.210 e. The van der Waals surface area contributed by atoms with Gasteiger partial charge in [0.15, 0.2) is 5.72 Å². The van der Waals surface area contributed by atoms with E-state index in [-0.39, 0.29) is 11.2 Å². The first kappa shape index (κ1) is 14.2. The number of carbonyl (C=O) groups is 1. The summed E-state index contributed by atoms with van der Waals surface area (Å²) >= 11 is 0. The molecule has 0 amide bonds. The Morgan fingerprint density at radius 2 is 2.05 bits per heavy atom. The van der Waals surface area contributed by atoms with Gasteiger partial charge in [-0.2, -0.15) is 0 Å². The van der Waals surface area contributed by atoms with E-state index in [9.17, 15) is 4.79 Å². The average molecular weight is 261 g/mol. The van der Waals surface area contributed by atoms with Crippen molar-refractivity contribution < 1.29 is 9.53 Å². The highest BCUT2D eigenvalue weighted by Gasteiger charge is 2.52. The van der Waals surface area contributed by atoms with Crippen LogP contribution in [0.25, 0.3) is 0 Å². The molecule has 0 aromatic heterocycles. The fraction of sp³-hybridized carbons (Fsp3) is 0.562. The molecular weight excluding hydrogens is 238 g/mol. The fourth-order valence-corrected chi connectivity index (χ4v) is 2.95. The van der Waals surface area contributed by atoms with Crippen LogP contribution in [-0.2, 0) is 11.3 Å². The minimum absolute atomic E-state index is 0.0767. The van der Waals surface area contributed by atoms with Gasteiger partial charge in [-0.05, 0) is 18.4 Å². The standard InChI is InChI=1S/C16H23NO2/c1-4-10-15(3,5-2)16(17)14(18)13-9-7-6-8-12(13)11-19-16/h6-9H,4-5,10-11,17H2,1-3H3. The van der Waals surface area contributed by atoms with Crippen molar-refractivity contribution in [3.8, 4) is 0 Å². The molecule has 2 atom stereocenters. The lowest BCUT2D eigenvalue weighted by molar-refractivity contribution is -0.115. The maximum atomic E-state index is 12.8. The molecule has 0 bridgehead atoms. The lowest BCUT2D eigenvalue weighted by atomic mass is 9.69. The molecule has 0 saturated heterocycles. The lowest BCUT2D eigenvalue weighted by Crippen LogP contribution is -2.63. The summed E-state index contributed by atoms with van der Waals surface area (Å²) < 4.78 is 5.84. The Hall–Kier alpha value is -1.19. The molecule has 0 saturated carbocycles. The number of hydrogen-bond donors (Lipinski definition) is 1. The molecule has 1 heterocycles. The number of hydrogen-bond acceptors (Lipinski definition) is 3. The number of ether oxygens (including phenoxy) is 1. The topological polar surface area (TPSA) is 52.3 Å². The third-order valence-corrected chi connectivity index (χ3v) is 4.53. The van der Waals surface area contributed by atoms with Crippen LogP contribution in [-0.4, -0.2) is 11.5 Å². The largest absolute Gasteiger partial charge is 0.348 e. The summed E-state index contributed by atoms with van der Waals surface area (Å²) in [5.74, 6) is -0.0767. The van der Waals surface area contributed by atoms with Crippen molar-refractivity contribution in [3.05, 3.63) is 35.4 Å². The van der Waals surface area contributed by atoms with Crippen molar-refractivity contribution in [2.24, 2.45) is 11.1 Å². The molecule has 1 aliphatic rings. The number of rotatable bonds is 4. The number of nitrogens with two attached hydrogens (primary N) is 1. The molecule has 19 heavy (non-hydrogen) atoms. The number of ketones is 1. The smallest absolute Gasteiger partial charge is 0.210 e. The third-order valence-electron chi connectivity index (χ3n) is 4.53.